The number of allylic oxidation sites excluding steroid dienone is 2. The third-order valence-corrected chi connectivity index (χ3v) is 4.29. The van der Waals surface area contributed by atoms with E-state index in [0.29, 0.717) is 11.8 Å². The van der Waals surface area contributed by atoms with Crippen molar-refractivity contribution < 1.29 is 4.79 Å². The maximum atomic E-state index is 12.5. The zero-order chi connectivity index (χ0) is 12.4. The molecule has 17 heavy (non-hydrogen) atoms. The van der Waals surface area contributed by atoms with E-state index in [1.54, 1.807) is 0 Å². The molecule has 1 amide bonds. The van der Waals surface area contributed by atoms with E-state index < -0.39 is 0 Å². The lowest BCUT2D eigenvalue weighted by Gasteiger charge is -2.34. The van der Waals surface area contributed by atoms with Crippen LogP contribution >= 0.6 is 0 Å². The van der Waals surface area contributed by atoms with Crippen molar-refractivity contribution in [3.05, 3.63) is 23.3 Å². The van der Waals surface area contributed by atoms with Crippen molar-refractivity contribution in [2.75, 3.05) is 13.1 Å². The number of hydrogen-bond donors (Lipinski definition) is 0. The molecule has 0 radical (unpaired) electrons. The molecule has 2 nitrogen and oxygen atoms in total. The van der Waals surface area contributed by atoms with Gasteiger partial charge in [-0.15, -0.1) is 0 Å². The third kappa shape index (κ3) is 2.62. The van der Waals surface area contributed by atoms with Crippen molar-refractivity contribution in [2.24, 2.45) is 11.8 Å². The second kappa shape index (κ2) is 5.07. The van der Waals surface area contributed by atoms with E-state index in [1.165, 1.54) is 11.1 Å². The van der Waals surface area contributed by atoms with Crippen molar-refractivity contribution in [3.8, 4) is 0 Å². The molecule has 1 heterocycles. The lowest BCUT2D eigenvalue weighted by Crippen LogP contribution is -2.42. The van der Waals surface area contributed by atoms with E-state index in [4.69, 9.17) is 0 Å². The molecule has 1 aliphatic heterocycles. The topological polar surface area (TPSA) is 20.3 Å². The van der Waals surface area contributed by atoms with Gasteiger partial charge in [0.1, 0.15) is 0 Å². The first-order valence-electron chi connectivity index (χ1n) is 6.68. The molecule has 2 rings (SSSR count). The number of rotatable bonds is 1. The average molecular weight is 233 g/mol. The highest BCUT2D eigenvalue weighted by atomic mass is 16.2. The van der Waals surface area contributed by atoms with E-state index in [2.05, 4.69) is 37.8 Å². The van der Waals surface area contributed by atoms with Gasteiger partial charge in [0.05, 0.1) is 0 Å². The second-order valence-corrected chi connectivity index (χ2v) is 5.60. The van der Waals surface area contributed by atoms with Crippen molar-refractivity contribution in [2.45, 2.75) is 40.0 Å². The summed E-state index contributed by atoms with van der Waals surface area (Å²) in [6, 6.07) is 0. The van der Waals surface area contributed by atoms with Crippen molar-refractivity contribution in [1.29, 1.82) is 0 Å². The molecule has 0 unspecified atom stereocenters. The molecular weight excluding hydrogens is 210 g/mol. The summed E-state index contributed by atoms with van der Waals surface area (Å²) in [7, 11) is 0. The van der Waals surface area contributed by atoms with E-state index >= 15 is 0 Å². The van der Waals surface area contributed by atoms with Crippen LogP contribution in [0.2, 0.25) is 0 Å². The van der Waals surface area contributed by atoms with Gasteiger partial charge >= 0.3 is 0 Å². The van der Waals surface area contributed by atoms with Crippen LogP contribution in [0.4, 0.5) is 0 Å². The molecule has 0 aromatic heterocycles. The Morgan fingerprint density at radius 1 is 1.24 bits per heavy atom. The molecule has 0 saturated carbocycles. The smallest absolute Gasteiger partial charge is 0.226 e. The Morgan fingerprint density at radius 2 is 1.94 bits per heavy atom. The molecule has 0 spiro atoms. The highest BCUT2D eigenvalue weighted by Crippen LogP contribution is 2.28. The summed E-state index contributed by atoms with van der Waals surface area (Å²) >= 11 is 0. The summed E-state index contributed by atoms with van der Waals surface area (Å²) in [6.45, 7) is 8.29. The molecular formula is C15H23NO. The van der Waals surface area contributed by atoms with Gasteiger partial charge in [-0.2, -0.15) is 0 Å². The summed E-state index contributed by atoms with van der Waals surface area (Å²) < 4.78 is 0. The number of hydrogen-bond acceptors (Lipinski definition) is 1. The Bertz CT molecular complexity index is 367. The maximum absolute atomic E-state index is 12.5. The van der Waals surface area contributed by atoms with Crippen LogP contribution in [0.15, 0.2) is 23.3 Å². The number of amides is 1. The summed E-state index contributed by atoms with van der Waals surface area (Å²) in [5.74, 6) is 1.08. The van der Waals surface area contributed by atoms with Crippen molar-refractivity contribution in [1.82, 2.24) is 4.90 Å². The molecule has 0 saturated heterocycles. The minimum Gasteiger partial charge on any atom is -0.338 e. The van der Waals surface area contributed by atoms with Gasteiger partial charge in [0.15, 0.2) is 0 Å². The molecule has 2 atom stereocenters. The van der Waals surface area contributed by atoms with E-state index in [9.17, 15) is 4.79 Å². The summed E-state index contributed by atoms with van der Waals surface area (Å²) in [5, 5.41) is 0. The molecule has 2 heteroatoms. The quantitative estimate of drug-likeness (QED) is 0.637. The lowest BCUT2D eigenvalue weighted by atomic mass is 9.83. The highest BCUT2D eigenvalue weighted by molar-refractivity contribution is 5.80. The zero-order valence-corrected chi connectivity index (χ0v) is 11.2. The number of nitrogens with zero attached hydrogens (tertiary/aromatic N) is 1. The molecule has 94 valence electrons. The highest BCUT2D eigenvalue weighted by Gasteiger charge is 2.30. The maximum Gasteiger partial charge on any atom is 0.226 e. The van der Waals surface area contributed by atoms with Crippen LogP contribution in [0.5, 0.6) is 0 Å². The van der Waals surface area contributed by atoms with E-state index in [1.807, 2.05) is 0 Å². The molecule has 0 fully saturated rings. The molecule has 0 aromatic carbocycles. The van der Waals surface area contributed by atoms with E-state index in [-0.39, 0.29) is 5.92 Å². The Hall–Kier alpha value is -1.05. The minimum absolute atomic E-state index is 0.214. The van der Waals surface area contributed by atoms with Gasteiger partial charge in [-0.25, -0.2) is 0 Å². The van der Waals surface area contributed by atoms with Crippen molar-refractivity contribution >= 4 is 5.91 Å². The van der Waals surface area contributed by atoms with Crippen LogP contribution < -0.4 is 0 Å². The Balaban J connectivity index is 2.04. The molecule has 1 aliphatic carbocycles. The van der Waals surface area contributed by atoms with Gasteiger partial charge in [-0.05, 0) is 39.0 Å². The molecule has 2 aliphatic rings. The molecule has 0 aromatic rings. The average Bonchev–Trinajstić information content (AvgIpc) is 2.32. The van der Waals surface area contributed by atoms with Crippen molar-refractivity contribution in [3.63, 3.8) is 0 Å². The van der Waals surface area contributed by atoms with E-state index in [0.717, 1.165) is 32.4 Å². The van der Waals surface area contributed by atoms with Crippen LogP contribution in [-0.4, -0.2) is 23.9 Å². The van der Waals surface area contributed by atoms with Crippen LogP contribution in [0, 0.1) is 11.8 Å². The Morgan fingerprint density at radius 3 is 2.59 bits per heavy atom. The number of carbonyl (C=O) groups is 1. The van der Waals surface area contributed by atoms with Gasteiger partial charge in [-0.3, -0.25) is 4.79 Å². The SMILES string of the molecule is CC1=C(C)CN(C(=O)[C@@H]2CC=CC[C@H]2C)CC1. The van der Waals surface area contributed by atoms with Gasteiger partial charge in [-0.1, -0.05) is 30.2 Å². The van der Waals surface area contributed by atoms with Crippen LogP contribution in [-0.2, 0) is 4.79 Å². The van der Waals surface area contributed by atoms with Crippen LogP contribution in [0.3, 0.4) is 0 Å². The zero-order valence-electron chi connectivity index (χ0n) is 11.2. The summed E-state index contributed by atoms with van der Waals surface area (Å²) in [6.07, 6.45) is 7.41. The fraction of sp³-hybridized carbons (Fsp3) is 0.667. The second-order valence-electron chi connectivity index (χ2n) is 5.60. The fourth-order valence-corrected chi connectivity index (χ4v) is 2.73. The lowest BCUT2D eigenvalue weighted by molar-refractivity contribution is -0.137. The fourth-order valence-electron chi connectivity index (χ4n) is 2.73. The Labute approximate surface area is 104 Å². The minimum atomic E-state index is 0.214. The molecule has 0 bridgehead atoms. The largest absolute Gasteiger partial charge is 0.338 e. The van der Waals surface area contributed by atoms with Gasteiger partial charge in [0.25, 0.3) is 0 Å². The predicted molar refractivity (Wildman–Crippen MR) is 70.6 cm³/mol. The van der Waals surface area contributed by atoms with Gasteiger partial charge < -0.3 is 4.90 Å². The predicted octanol–water partition coefficient (Wildman–Crippen LogP) is 3.16. The van der Waals surface area contributed by atoms with Crippen LogP contribution in [0.1, 0.15) is 40.0 Å². The van der Waals surface area contributed by atoms with Gasteiger partial charge in [0.2, 0.25) is 5.91 Å². The first-order chi connectivity index (χ1) is 8.09. The third-order valence-electron chi connectivity index (χ3n) is 4.29. The monoisotopic (exact) mass is 233 g/mol. The summed E-state index contributed by atoms with van der Waals surface area (Å²) in [5.41, 5.74) is 2.84. The normalized spacial score (nSPS) is 29.7. The van der Waals surface area contributed by atoms with Gasteiger partial charge in [0, 0.05) is 19.0 Å². The Kier molecular flexibility index (Phi) is 3.70. The standard InChI is InChI=1S/C15H23NO/c1-11-8-9-16(10-13(11)3)15(17)14-7-5-4-6-12(14)2/h4-5,12,14H,6-10H2,1-3H3/t12-,14-/m1/s1. The van der Waals surface area contributed by atoms with Crippen LogP contribution in [0.25, 0.3) is 0 Å². The first-order valence-corrected chi connectivity index (χ1v) is 6.68. The number of carbonyl (C=O) groups excluding carboxylic acids is 1. The summed E-state index contributed by atoms with van der Waals surface area (Å²) in [4.78, 5) is 14.5. The first kappa shape index (κ1) is 12.4. The molecule has 0 N–H and O–H groups in total.